The summed E-state index contributed by atoms with van der Waals surface area (Å²) in [4.78, 5) is 0.192. The van der Waals surface area contributed by atoms with Gasteiger partial charge in [-0.1, -0.05) is 157 Å². The Morgan fingerprint density at radius 3 is 1.55 bits per heavy atom. The van der Waals surface area contributed by atoms with E-state index >= 15 is 0 Å². The van der Waals surface area contributed by atoms with E-state index in [4.69, 9.17) is 23.7 Å². The molecule has 0 aliphatic carbocycles. The SMILES string of the molecule is Cc1ccc(S(=O)(=O)n2cc(C3OC(COCc4ccccc4)C(OCc4ccccc4)C(OCc4ccccc4)C3OCc3ccccc3)c3ccccc32)cc1. The van der Waals surface area contributed by atoms with Gasteiger partial charge in [0, 0.05) is 17.1 Å². The van der Waals surface area contributed by atoms with Gasteiger partial charge in [0.1, 0.15) is 30.5 Å². The molecule has 0 radical (unpaired) electrons. The van der Waals surface area contributed by atoms with Gasteiger partial charge in [0.05, 0.1) is 43.4 Å². The number of fused-ring (bicyclic) bond motifs is 1. The van der Waals surface area contributed by atoms with Gasteiger partial charge in [0.25, 0.3) is 10.0 Å². The lowest BCUT2D eigenvalue weighted by molar-refractivity contribution is -0.274. The van der Waals surface area contributed by atoms with Crippen molar-refractivity contribution in [3.8, 4) is 0 Å². The zero-order chi connectivity index (χ0) is 39.7. The number of para-hydroxylation sites is 1. The first-order valence-corrected chi connectivity index (χ1v) is 21.0. The highest BCUT2D eigenvalue weighted by Crippen LogP contribution is 2.42. The molecule has 1 saturated heterocycles. The van der Waals surface area contributed by atoms with Crippen molar-refractivity contribution in [1.29, 1.82) is 0 Å². The van der Waals surface area contributed by atoms with Crippen molar-refractivity contribution in [3.05, 3.63) is 209 Å². The number of aryl methyl sites for hydroxylation is 1. The molecule has 6 aromatic carbocycles. The Balaban J connectivity index is 1.24. The fourth-order valence-electron chi connectivity index (χ4n) is 7.46. The topological polar surface area (TPSA) is 85.2 Å². The van der Waals surface area contributed by atoms with Gasteiger partial charge in [-0.05, 0) is 47.4 Å². The third-order valence-electron chi connectivity index (χ3n) is 10.5. The normalized spacial score (nSPS) is 19.6. The Kier molecular flexibility index (Phi) is 12.6. The van der Waals surface area contributed by atoms with Crippen LogP contribution in [0.3, 0.4) is 0 Å². The summed E-state index contributed by atoms with van der Waals surface area (Å²) < 4.78 is 64.6. The molecule has 2 heterocycles. The van der Waals surface area contributed by atoms with E-state index in [9.17, 15) is 8.42 Å². The first kappa shape index (κ1) is 39.4. The molecule has 296 valence electrons. The van der Waals surface area contributed by atoms with E-state index in [1.54, 1.807) is 18.3 Å². The molecule has 0 N–H and O–H groups in total. The number of ether oxygens (including phenoxy) is 5. The van der Waals surface area contributed by atoms with Crippen molar-refractivity contribution < 1.29 is 32.1 Å². The van der Waals surface area contributed by atoms with Crippen molar-refractivity contribution in [2.24, 2.45) is 0 Å². The fourth-order valence-corrected chi connectivity index (χ4v) is 8.84. The molecule has 0 bridgehead atoms. The Hall–Kier alpha value is -5.39. The van der Waals surface area contributed by atoms with E-state index in [-0.39, 0.29) is 24.7 Å². The molecule has 8 nitrogen and oxygen atoms in total. The molecule has 5 unspecified atom stereocenters. The molecule has 0 spiro atoms. The quantitative estimate of drug-likeness (QED) is 0.0964. The average molecular weight is 794 g/mol. The second-order valence-electron chi connectivity index (χ2n) is 14.6. The highest BCUT2D eigenvalue weighted by molar-refractivity contribution is 7.90. The lowest BCUT2D eigenvalue weighted by atomic mass is 9.90. The third kappa shape index (κ3) is 9.16. The monoisotopic (exact) mass is 793 g/mol. The maximum absolute atomic E-state index is 14.4. The van der Waals surface area contributed by atoms with E-state index in [1.165, 1.54) is 3.97 Å². The molecular formula is C49H47NO7S. The van der Waals surface area contributed by atoms with Crippen LogP contribution < -0.4 is 0 Å². The molecular weight excluding hydrogens is 747 g/mol. The van der Waals surface area contributed by atoms with Gasteiger partial charge >= 0.3 is 0 Å². The van der Waals surface area contributed by atoms with Crippen LogP contribution in [0.1, 0.15) is 39.5 Å². The van der Waals surface area contributed by atoms with Crippen LogP contribution in [0.2, 0.25) is 0 Å². The minimum Gasteiger partial charge on any atom is -0.374 e. The predicted octanol–water partition coefficient (Wildman–Crippen LogP) is 9.60. The summed E-state index contributed by atoms with van der Waals surface area (Å²) in [5.41, 5.74) is 6.16. The summed E-state index contributed by atoms with van der Waals surface area (Å²) in [6.07, 6.45) is -1.79. The minimum atomic E-state index is -4.00. The van der Waals surface area contributed by atoms with Crippen LogP contribution in [-0.4, -0.2) is 43.4 Å². The molecule has 1 fully saturated rings. The van der Waals surface area contributed by atoms with Gasteiger partial charge in [-0.2, -0.15) is 0 Å². The lowest BCUT2D eigenvalue weighted by Crippen LogP contribution is -2.58. The van der Waals surface area contributed by atoms with Gasteiger partial charge in [-0.3, -0.25) is 0 Å². The van der Waals surface area contributed by atoms with Gasteiger partial charge in [0.2, 0.25) is 0 Å². The van der Waals surface area contributed by atoms with Crippen LogP contribution in [0.25, 0.3) is 10.9 Å². The van der Waals surface area contributed by atoms with Crippen LogP contribution in [0.5, 0.6) is 0 Å². The Morgan fingerprint density at radius 2 is 1.00 bits per heavy atom. The number of rotatable bonds is 16. The number of aromatic nitrogens is 1. The van der Waals surface area contributed by atoms with E-state index < -0.39 is 40.5 Å². The van der Waals surface area contributed by atoms with E-state index in [1.807, 2.05) is 165 Å². The number of hydrogen-bond donors (Lipinski definition) is 0. The Labute approximate surface area is 340 Å². The zero-order valence-electron chi connectivity index (χ0n) is 32.4. The number of hydrogen-bond acceptors (Lipinski definition) is 7. The molecule has 1 aliphatic rings. The van der Waals surface area contributed by atoms with Gasteiger partial charge in [0.15, 0.2) is 0 Å². The number of nitrogens with zero attached hydrogens (tertiary/aromatic N) is 1. The van der Waals surface area contributed by atoms with Crippen LogP contribution in [-0.2, 0) is 60.1 Å². The second kappa shape index (κ2) is 18.5. The fraction of sp³-hybridized carbons (Fsp3) is 0.224. The maximum Gasteiger partial charge on any atom is 0.268 e. The summed E-state index contributed by atoms with van der Waals surface area (Å²) in [5, 5.41) is 0.728. The minimum absolute atomic E-state index is 0.182. The van der Waals surface area contributed by atoms with Crippen LogP contribution >= 0.6 is 0 Å². The predicted molar refractivity (Wildman–Crippen MR) is 224 cm³/mol. The van der Waals surface area contributed by atoms with Crippen molar-refractivity contribution in [2.45, 2.75) is 68.8 Å². The molecule has 9 heteroatoms. The zero-order valence-corrected chi connectivity index (χ0v) is 33.2. The van der Waals surface area contributed by atoms with Crippen molar-refractivity contribution in [2.75, 3.05) is 6.61 Å². The first-order valence-electron chi connectivity index (χ1n) is 19.6. The van der Waals surface area contributed by atoms with Gasteiger partial charge < -0.3 is 23.7 Å². The number of benzene rings is 6. The lowest BCUT2D eigenvalue weighted by Gasteiger charge is -2.46. The summed E-state index contributed by atoms with van der Waals surface area (Å²) in [5.74, 6) is 0. The summed E-state index contributed by atoms with van der Waals surface area (Å²) in [6, 6.07) is 54.4. The van der Waals surface area contributed by atoms with E-state index in [0.29, 0.717) is 24.3 Å². The molecule has 1 aliphatic heterocycles. The van der Waals surface area contributed by atoms with Gasteiger partial charge in [-0.25, -0.2) is 12.4 Å². The van der Waals surface area contributed by atoms with E-state index in [2.05, 4.69) is 0 Å². The smallest absolute Gasteiger partial charge is 0.268 e. The molecule has 0 amide bonds. The standard InChI is InChI=1S/C49H47NO7S/c1-36-26-28-41(29-27-36)58(51,52)50-30-43(42-24-14-15-25-44(42)50)46-48(55-33-39-20-10-4-11-21-39)49(56-34-40-22-12-5-13-23-40)47(54-32-38-18-8-3-9-19-38)45(57-46)35-53-31-37-16-6-2-7-17-37/h2-30,45-49H,31-35H2,1H3. The largest absolute Gasteiger partial charge is 0.374 e. The first-order chi connectivity index (χ1) is 28.4. The Morgan fingerprint density at radius 1 is 0.534 bits per heavy atom. The van der Waals surface area contributed by atoms with Crippen LogP contribution in [0.15, 0.2) is 181 Å². The molecule has 1 aromatic heterocycles. The van der Waals surface area contributed by atoms with Gasteiger partial charge in [-0.15, -0.1) is 0 Å². The summed E-state index contributed by atoms with van der Waals surface area (Å²) >= 11 is 0. The summed E-state index contributed by atoms with van der Waals surface area (Å²) in [6.45, 7) is 3.34. The second-order valence-corrected chi connectivity index (χ2v) is 16.4. The highest BCUT2D eigenvalue weighted by Gasteiger charge is 2.50. The molecule has 5 atom stereocenters. The highest BCUT2D eigenvalue weighted by atomic mass is 32.2. The maximum atomic E-state index is 14.4. The molecule has 7 aromatic rings. The Bertz CT molecular complexity index is 2460. The van der Waals surface area contributed by atoms with E-state index in [0.717, 1.165) is 33.2 Å². The third-order valence-corrected chi connectivity index (χ3v) is 12.2. The molecule has 0 saturated carbocycles. The van der Waals surface area contributed by atoms with Crippen LogP contribution in [0, 0.1) is 6.92 Å². The van der Waals surface area contributed by atoms with Crippen molar-refractivity contribution >= 4 is 20.9 Å². The molecule has 8 rings (SSSR count). The summed E-state index contributed by atoms with van der Waals surface area (Å²) in [7, 11) is -4.00. The van der Waals surface area contributed by atoms with Crippen LogP contribution in [0.4, 0.5) is 0 Å². The molecule has 58 heavy (non-hydrogen) atoms. The van der Waals surface area contributed by atoms with Crippen molar-refractivity contribution in [3.63, 3.8) is 0 Å². The van der Waals surface area contributed by atoms with Crippen molar-refractivity contribution in [1.82, 2.24) is 3.97 Å². The average Bonchev–Trinajstić information content (AvgIpc) is 3.67.